The van der Waals surface area contributed by atoms with Gasteiger partial charge >= 0.3 is 0 Å². The van der Waals surface area contributed by atoms with Crippen LogP contribution in [0.5, 0.6) is 0 Å². The fraction of sp³-hybridized carbons (Fsp3) is 0.455. The van der Waals surface area contributed by atoms with Crippen LogP contribution in [0.2, 0.25) is 0 Å². The van der Waals surface area contributed by atoms with E-state index in [0.717, 1.165) is 0 Å². The van der Waals surface area contributed by atoms with Gasteiger partial charge in [0.1, 0.15) is 0 Å². The molecule has 1 aromatic rings. The summed E-state index contributed by atoms with van der Waals surface area (Å²) in [4.78, 5) is 0. The van der Waals surface area contributed by atoms with Gasteiger partial charge in [-0.15, -0.1) is 0 Å². The summed E-state index contributed by atoms with van der Waals surface area (Å²) in [6.45, 7) is 5.72. The molecule has 0 aliphatic heterocycles. The normalized spacial score (nSPS) is 11.7. The van der Waals surface area contributed by atoms with E-state index < -0.39 is 5.60 Å². The third-order valence-electron chi connectivity index (χ3n) is 1.72. The fourth-order valence-electron chi connectivity index (χ4n) is 1.32. The molecule has 0 saturated heterocycles. The van der Waals surface area contributed by atoms with Crippen molar-refractivity contribution in [2.45, 2.75) is 32.8 Å². The molecule has 0 unspecified atom stereocenters. The quantitative estimate of drug-likeness (QED) is 0.711. The van der Waals surface area contributed by atoms with Crippen LogP contribution in [0.3, 0.4) is 0 Å². The van der Waals surface area contributed by atoms with Crippen LogP contribution in [0.1, 0.15) is 25.0 Å². The fourth-order valence-corrected chi connectivity index (χ4v) is 1.32. The second kappa shape index (κ2) is 3.28. The lowest BCUT2D eigenvalue weighted by Crippen LogP contribution is -2.21. The van der Waals surface area contributed by atoms with Gasteiger partial charge < -0.3 is 5.11 Å². The van der Waals surface area contributed by atoms with Gasteiger partial charge in [0.05, 0.1) is 5.60 Å². The highest BCUT2D eigenvalue weighted by Gasteiger charge is 2.12. The number of benzene rings is 1. The maximum Gasteiger partial charge on any atom is 0.0631 e. The lowest BCUT2D eigenvalue weighted by atomic mass is 9.98. The zero-order valence-electron chi connectivity index (χ0n) is 7.96. The van der Waals surface area contributed by atoms with Crippen molar-refractivity contribution in [3.63, 3.8) is 0 Å². The van der Waals surface area contributed by atoms with Gasteiger partial charge in [0.2, 0.25) is 0 Å². The molecule has 66 valence electrons. The molecule has 0 fully saturated rings. The molecule has 1 heteroatoms. The number of aliphatic hydroxyl groups is 1. The molecule has 0 bridgehead atoms. The summed E-state index contributed by atoms with van der Waals surface area (Å²) >= 11 is 0. The van der Waals surface area contributed by atoms with E-state index in [1.807, 2.05) is 26.0 Å². The highest BCUT2D eigenvalue weighted by molar-refractivity contribution is 5.23. The Bertz CT molecular complexity index is 258. The highest BCUT2D eigenvalue weighted by atomic mass is 16.3. The van der Waals surface area contributed by atoms with Crippen LogP contribution in [0.25, 0.3) is 0 Å². The summed E-state index contributed by atoms with van der Waals surface area (Å²) in [7, 11) is 0. The molecule has 1 aromatic carbocycles. The van der Waals surface area contributed by atoms with Crippen molar-refractivity contribution in [3.05, 3.63) is 35.4 Å². The lowest BCUT2D eigenvalue weighted by Gasteiger charge is -2.16. The predicted molar refractivity (Wildman–Crippen MR) is 51.2 cm³/mol. The van der Waals surface area contributed by atoms with Gasteiger partial charge in [-0.1, -0.05) is 29.8 Å². The van der Waals surface area contributed by atoms with Crippen molar-refractivity contribution in [2.24, 2.45) is 0 Å². The molecule has 1 rings (SSSR count). The second-order valence-corrected chi connectivity index (χ2v) is 3.98. The maximum atomic E-state index is 9.56. The minimum Gasteiger partial charge on any atom is -0.390 e. The van der Waals surface area contributed by atoms with E-state index in [4.69, 9.17) is 0 Å². The van der Waals surface area contributed by atoms with Crippen molar-refractivity contribution < 1.29 is 5.11 Å². The van der Waals surface area contributed by atoms with E-state index in [2.05, 4.69) is 19.1 Å². The van der Waals surface area contributed by atoms with Crippen LogP contribution < -0.4 is 0 Å². The van der Waals surface area contributed by atoms with Gasteiger partial charge in [0.15, 0.2) is 0 Å². The van der Waals surface area contributed by atoms with Crippen molar-refractivity contribution in [3.8, 4) is 0 Å². The van der Waals surface area contributed by atoms with Crippen LogP contribution in [0, 0.1) is 6.92 Å². The van der Waals surface area contributed by atoms with Crippen molar-refractivity contribution in [1.82, 2.24) is 0 Å². The van der Waals surface area contributed by atoms with E-state index in [1.54, 1.807) is 0 Å². The Balaban J connectivity index is 2.77. The van der Waals surface area contributed by atoms with Gasteiger partial charge in [0, 0.05) is 6.42 Å². The number of hydrogen-bond acceptors (Lipinski definition) is 1. The molecule has 0 heterocycles. The molecule has 0 aromatic heterocycles. The molecule has 0 amide bonds. The molecule has 0 aliphatic rings. The third-order valence-corrected chi connectivity index (χ3v) is 1.72. The molecule has 0 spiro atoms. The van der Waals surface area contributed by atoms with Gasteiger partial charge in [-0.3, -0.25) is 0 Å². The minimum absolute atomic E-state index is 0.603. The van der Waals surface area contributed by atoms with Crippen molar-refractivity contribution in [2.75, 3.05) is 0 Å². The monoisotopic (exact) mass is 164 g/mol. The minimum atomic E-state index is -0.603. The Hall–Kier alpha value is -0.820. The first kappa shape index (κ1) is 9.27. The molecule has 0 atom stereocenters. The van der Waals surface area contributed by atoms with E-state index in [0.29, 0.717) is 6.42 Å². The van der Waals surface area contributed by atoms with Crippen LogP contribution in [-0.2, 0) is 6.42 Å². The molecule has 12 heavy (non-hydrogen) atoms. The Morgan fingerprint density at radius 2 is 2.00 bits per heavy atom. The van der Waals surface area contributed by atoms with Gasteiger partial charge in [-0.05, 0) is 26.3 Å². The van der Waals surface area contributed by atoms with E-state index in [-0.39, 0.29) is 0 Å². The molecule has 1 nitrogen and oxygen atoms in total. The molecule has 1 N–H and O–H groups in total. The SMILES string of the molecule is Cc1cccc(CC(C)(C)O)c1. The largest absolute Gasteiger partial charge is 0.390 e. The summed E-state index contributed by atoms with van der Waals surface area (Å²) in [5.41, 5.74) is 1.84. The first-order chi connectivity index (χ1) is 5.47. The average molecular weight is 164 g/mol. The Labute approximate surface area is 74.1 Å². The van der Waals surface area contributed by atoms with Crippen molar-refractivity contribution in [1.29, 1.82) is 0 Å². The van der Waals surface area contributed by atoms with E-state index in [9.17, 15) is 5.11 Å². The molecule has 0 aliphatic carbocycles. The maximum absolute atomic E-state index is 9.56. The average Bonchev–Trinajstić information content (AvgIpc) is 1.82. The summed E-state index contributed by atoms with van der Waals surface area (Å²) < 4.78 is 0. The highest BCUT2D eigenvalue weighted by Crippen LogP contribution is 2.12. The Morgan fingerprint density at radius 3 is 2.50 bits per heavy atom. The van der Waals surface area contributed by atoms with Gasteiger partial charge in [-0.2, -0.15) is 0 Å². The van der Waals surface area contributed by atoms with E-state index >= 15 is 0 Å². The second-order valence-electron chi connectivity index (χ2n) is 3.98. The first-order valence-electron chi connectivity index (χ1n) is 4.25. The number of rotatable bonds is 2. The number of hydrogen-bond donors (Lipinski definition) is 1. The summed E-state index contributed by atoms with van der Waals surface area (Å²) in [6.07, 6.45) is 0.717. The Kier molecular flexibility index (Phi) is 2.53. The van der Waals surface area contributed by atoms with Crippen LogP contribution >= 0.6 is 0 Å². The zero-order chi connectivity index (χ0) is 9.19. The van der Waals surface area contributed by atoms with Crippen LogP contribution in [0.4, 0.5) is 0 Å². The lowest BCUT2D eigenvalue weighted by molar-refractivity contribution is 0.0810. The molecular formula is C11H16O. The first-order valence-corrected chi connectivity index (χ1v) is 4.25. The third kappa shape index (κ3) is 3.05. The standard InChI is InChI=1S/C11H16O/c1-9-5-4-6-10(7-9)8-11(2,3)12/h4-7,12H,8H2,1-3H3. The molecule has 0 saturated carbocycles. The predicted octanol–water partition coefficient (Wildman–Crippen LogP) is 2.31. The summed E-state index contributed by atoms with van der Waals surface area (Å²) in [5.74, 6) is 0. The topological polar surface area (TPSA) is 20.2 Å². The smallest absolute Gasteiger partial charge is 0.0631 e. The van der Waals surface area contributed by atoms with Gasteiger partial charge in [-0.25, -0.2) is 0 Å². The Morgan fingerprint density at radius 1 is 1.33 bits per heavy atom. The number of aryl methyl sites for hydroxylation is 1. The summed E-state index contributed by atoms with van der Waals surface area (Å²) in [5, 5.41) is 9.56. The van der Waals surface area contributed by atoms with Crippen LogP contribution in [0.15, 0.2) is 24.3 Å². The summed E-state index contributed by atoms with van der Waals surface area (Å²) in [6, 6.07) is 8.24. The van der Waals surface area contributed by atoms with E-state index in [1.165, 1.54) is 11.1 Å². The molecule has 0 radical (unpaired) electrons. The molecular weight excluding hydrogens is 148 g/mol. The van der Waals surface area contributed by atoms with Crippen molar-refractivity contribution >= 4 is 0 Å². The van der Waals surface area contributed by atoms with Crippen LogP contribution in [-0.4, -0.2) is 10.7 Å². The van der Waals surface area contributed by atoms with Gasteiger partial charge in [0.25, 0.3) is 0 Å². The zero-order valence-corrected chi connectivity index (χ0v) is 7.96.